The SMILES string of the molecule is CC[C@@H]1c2nnc(C)n2-c2cnc(Nc3ccc(C(=O)OC)cc3OC)nc2N1CC1CCCCC1. The Hall–Kier alpha value is -3.69. The second kappa shape index (κ2) is 10.1. The highest BCUT2D eigenvalue weighted by atomic mass is 16.5. The van der Waals surface area contributed by atoms with E-state index in [-0.39, 0.29) is 6.04 Å². The van der Waals surface area contributed by atoms with Crippen molar-refractivity contribution in [1.82, 2.24) is 24.7 Å². The third-order valence-electron chi connectivity index (χ3n) is 7.22. The number of hydrogen-bond donors (Lipinski definition) is 1. The standard InChI is InChI=1S/C26H33N7O3/c1-5-20-24-31-30-16(2)33(24)21-14-27-26(29-23(21)32(20)15-17-9-7-6-8-10-17)28-19-12-11-18(25(34)36-4)13-22(19)35-3/h11-14,17,20H,5-10,15H2,1-4H3,(H,27,28,29)/t20-/m1/s1. The van der Waals surface area contributed by atoms with E-state index in [1.54, 1.807) is 25.3 Å². The van der Waals surface area contributed by atoms with Crippen LogP contribution in [0, 0.1) is 12.8 Å². The van der Waals surface area contributed by atoms with E-state index in [1.807, 2.05) is 13.1 Å². The minimum Gasteiger partial charge on any atom is -0.495 e. The number of carbonyl (C=O) groups excluding carboxylic acids is 1. The number of anilines is 3. The number of carbonyl (C=O) groups is 1. The average Bonchev–Trinajstić information content (AvgIpc) is 3.30. The molecule has 5 rings (SSSR count). The monoisotopic (exact) mass is 491 g/mol. The highest BCUT2D eigenvalue weighted by Crippen LogP contribution is 2.41. The van der Waals surface area contributed by atoms with Crippen LogP contribution in [0.2, 0.25) is 0 Å². The van der Waals surface area contributed by atoms with Gasteiger partial charge in [0.25, 0.3) is 0 Å². The summed E-state index contributed by atoms with van der Waals surface area (Å²) in [4.78, 5) is 24.0. The summed E-state index contributed by atoms with van der Waals surface area (Å²) in [5.41, 5.74) is 1.96. The van der Waals surface area contributed by atoms with Crippen molar-refractivity contribution in [3.05, 3.63) is 41.6 Å². The second-order valence-corrected chi connectivity index (χ2v) is 9.46. The molecule has 3 heterocycles. The molecule has 36 heavy (non-hydrogen) atoms. The number of benzene rings is 1. The Bertz CT molecular complexity index is 1250. The smallest absolute Gasteiger partial charge is 0.337 e. The highest BCUT2D eigenvalue weighted by Gasteiger charge is 2.36. The van der Waals surface area contributed by atoms with E-state index in [0.29, 0.717) is 28.9 Å². The van der Waals surface area contributed by atoms with Gasteiger partial charge in [-0.3, -0.25) is 4.57 Å². The Labute approximate surface area is 211 Å². The number of fused-ring (bicyclic) bond motifs is 3. The first kappa shape index (κ1) is 24.0. The van der Waals surface area contributed by atoms with Gasteiger partial charge >= 0.3 is 5.97 Å². The van der Waals surface area contributed by atoms with Crippen LogP contribution in [-0.4, -0.2) is 51.5 Å². The molecule has 0 unspecified atom stereocenters. The summed E-state index contributed by atoms with van der Waals surface area (Å²) in [6, 6.07) is 5.19. The molecule has 190 valence electrons. The van der Waals surface area contributed by atoms with Crippen molar-refractivity contribution in [1.29, 1.82) is 0 Å². The number of nitrogens with zero attached hydrogens (tertiary/aromatic N) is 6. The van der Waals surface area contributed by atoms with Crippen LogP contribution in [0.4, 0.5) is 17.5 Å². The molecular formula is C26H33N7O3. The molecule has 3 aromatic rings. The molecule has 0 bridgehead atoms. The lowest BCUT2D eigenvalue weighted by molar-refractivity contribution is 0.0600. The van der Waals surface area contributed by atoms with Crippen LogP contribution >= 0.6 is 0 Å². The molecule has 2 aromatic heterocycles. The number of ether oxygens (including phenoxy) is 2. The first-order chi connectivity index (χ1) is 17.5. The zero-order valence-electron chi connectivity index (χ0n) is 21.3. The quantitative estimate of drug-likeness (QED) is 0.468. The van der Waals surface area contributed by atoms with Crippen LogP contribution in [0.1, 0.15) is 73.5 Å². The van der Waals surface area contributed by atoms with Crippen molar-refractivity contribution in [2.24, 2.45) is 5.92 Å². The summed E-state index contributed by atoms with van der Waals surface area (Å²) in [5, 5.41) is 12.2. The number of esters is 1. The lowest BCUT2D eigenvalue weighted by Crippen LogP contribution is -2.39. The fourth-order valence-corrected chi connectivity index (χ4v) is 5.40. The van der Waals surface area contributed by atoms with Crippen molar-refractivity contribution < 1.29 is 14.3 Å². The zero-order chi connectivity index (χ0) is 25.2. The van der Waals surface area contributed by atoms with Gasteiger partial charge in [-0.1, -0.05) is 26.2 Å². The number of aromatic nitrogens is 5. The Morgan fingerprint density at radius 2 is 1.97 bits per heavy atom. The number of hydrogen-bond acceptors (Lipinski definition) is 9. The van der Waals surface area contributed by atoms with Crippen LogP contribution in [0.15, 0.2) is 24.4 Å². The molecule has 1 aromatic carbocycles. The normalized spacial score (nSPS) is 17.3. The van der Waals surface area contributed by atoms with Crippen molar-refractivity contribution in [3.63, 3.8) is 0 Å². The molecule has 1 fully saturated rings. The van der Waals surface area contributed by atoms with Gasteiger partial charge in [0.15, 0.2) is 11.6 Å². The second-order valence-electron chi connectivity index (χ2n) is 9.46. The minimum atomic E-state index is -0.422. The minimum absolute atomic E-state index is 0.0947. The largest absolute Gasteiger partial charge is 0.495 e. The fraction of sp³-hybridized carbons (Fsp3) is 0.500. The lowest BCUT2D eigenvalue weighted by atomic mass is 9.88. The van der Waals surface area contributed by atoms with Gasteiger partial charge < -0.3 is 19.7 Å². The topological polar surface area (TPSA) is 107 Å². The van der Waals surface area contributed by atoms with Gasteiger partial charge in [-0.05, 0) is 50.3 Å². The zero-order valence-corrected chi connectivity index (χ0v) is 21.3. The van der Waals surface area contributed by atoms with E-state index >= 15 is 0 Å². The van der Waals surface area contributed by atoms with Crippen LogP contribution in [0.25, 0.3) is 5.69 Å². The molecule has 0 radical (unpaired) electrons. The molecule has 0 saturated heterocycles. The first-order valence-electron chi connectivity index (χ1n) is 12.6. The molecular weight excluding hydrogens is 458 g/mol. The lowest BCUT2D eigenvalue weighted by Gasteiger charge is -2.39. The third kappa shape index (κ3) is 4.36. The average molecular weight is 492 g/mol. The maximum Gasteiger partial charge on any atom is 0.337 e. The van der Waals surface area contributed by atoms with Crippen molar-refractivity contribution >= 4 is 23.4 Å². The summed E-state index contributed by atoms with van der Waals surface area (Å²) in [5.74, 6) is 3.82. The van der Waals surface area contributed by atoms with E-state index in [9.17, 15) is 4.79 Å². The van der Waals surface area contributed by atoms with Crippen LogP contribution < -0.4 is 15.0 Å². The molecule has 2 aliphatic rings. The van der Waals surface area contributed by atoms with Gasteiger partial charge in [0.2, 0.25) is 5.95 Å². The molecule has 10 heteroatoms. The van der Waals surface area contributed by atoms with Gasteiger partial charge in [-0.15, -0.1) is 10.2 Å². The van der Waals surface area contributed by atoms with Gasteiger partial charge in [0, 0.05) is 6.54 Å². The molecule has 1 aliphatic heterocycles. The molecule has 10 nitrogen and oxygen atoms in total. The fourth-order valence-electron chi connectivity index (χ4n) is 5.40. The molecule has 0 spiro atoms. The molecule has 0 amide bonds. The van der Waals surface area contributed by atoms with Crippen LogP contribution in [-0.2, 0) is 4.74 Å². The van der Waals surface area contributed by atoms with Gasteiger partial charge in [-0.2, -0.15) is 4.98 Å². The summed E-state index contributed by atoms with van der Waals surface area (Å²) in [6.07, 6.45) is 9.12. The van der Waals surface area contributed by atoms with E-state index < -0.39 is 5.97 Å². The first-order valence-corrected chi connectivity index (χ1v) is 12.6. The van der Waals surface area contributed by atoms with E-state index in [0.717, 1.165) is 36.1 Å². The molecule has 1 N–H and O–H groups in total. The Morgan fingerprint density at radius 3 is 2.69 bits per heavy atom. The third-order valence-corrected chi connectivity index (χ3v) is 7.22. The molecule has 1 atom stereocenters. The van der Waals surface area contributed by atoms with Crippen molar-refractivity contribution in [3.8, 4) is 11.4 Å². The van der Waals surface area contributed by atoms with Crippen molar-refractivity contribution in [2.75, 3.05) is 31.0 Å². The van der Waals surface area contributed by atoms with E-state index in [2.05, 4.69) is 36.9 Å². The van der Waals surface area contributed by atoms with E-state index in [1.165, 1.54) is 39.2 Å². The maximum atomic E-state index is 11.9. The summed E-state index contributed by atoms with van der Waals surface area (Å²) >= 11 is 0. The predicted octanol–water partition coefficient (Wildman–Crippen LogP) is 4.76. The Balaban J connectivity index is 1.53. The van der Waals surface area contributed by atoms with Crippen molar-refractivity contribution in [2.45, 2.75) is 58.4 Å². The highest BCUT2D eigenvalue weighted by molar-refractivity contribution is 5.91. The summed E-state index contributed by atoms with van der Waals surface area (Å²) in [7, 11) is 2.91. The number of nitrogens with one attached hydrogen (secondary N) is 1. The van der Waals surface area contributed by atoms with E-state index in [4.69, 9.17) is 14.5 Å². The van der Waals surface area contributed by atoms with Gasteiger partial charge in [0.05, 0.1) is 37.7 Å². The Morgan fingerprint density at radius 1 is 1.17 bits per heavy atom. The van der Waals surface area contributed by atoms with Crippen LogP contribution in [0.5, 0.6) is 5.75 Å². The summed E-state index contributed by atoms with van der Waals surface area (Å²) in [6.45, 7) is 5.08. The number of methoxy groups -OCH3 is 2. The number of rotatable bonds is 7. The maximum absolute atomic E-state index is 11.9. The van der Waals surface area contributed by atoms with Gasteiger partial charge in [0.1, 0.15) is 17.3 Å². The predicted molar refractivity (Wildman–Crippen MR) is 136 cm³/mol. The Kier molecular flexibility index (Phi) is 6.75. The molecule has 1 saturated carbocycles. The number of aryl methyl sites for hydroxylation is 1. The summed E-state index contributed by atoms with van der Waals surface area (Å²) < 4.78 is 12.4. The molecule has 1 aliphatic carbocycles. The van der Waals surface area contributed by atoms with Crippen LogP contribution in [0.3, 0.4) is 0 Å². The van der Waals surface area contributed by atoms with Gasteiger partial charge in [-0.25, -0.2) is 9.78 Å².